The van der Waals surface area contributed by atoms with E-state index in [1.54, 1.807) is 0 Å². The molecule has 3 aromatic carbocycles. The zero-order valence-electron chi connectivity index (χ0n) is 18.0. The first-order valence-corrected chi connectivity index (χ1v) is 11.8. The molecule has 33 heavy (non-hydrogen) atoms. The number of rotatable bonds is 5. The van der Waals surface area contributed by atoms with Crippen LogP contribution in [0.3, 0.4) is 0 Å². The second-order valence-corrected chi connectivity index (χ2v) is 9.47. The lowest BCUT2D eigenvalue weighted by molar-refractivity contribution is -0.123. The third-order valence-electron chi connectivity index (χ3n) is 5.74. The molecular weight excluding hydrogens is 452 g/mol. The highest BCUT2D eigenvalue weighted by Gasteiger charge is 2.35. The number of carbonyl (C=O) groups excluding carboxylic acids is 2. The Balaban J connectivity index is 1.46. The summed E-state index contributed by atoms with van der Waals surface area (Å²) in [5.74, 6) is -0.256. The highest BCUT2D eigenvalue weighted by Crippen LogP contribution is 2.35. The maximum absolute atomic E-state index is 13.1. The van der Waals surface area contributed by atoms with Crippen molar-refractivity contribution < 1.29 is 9.59 Å². The number of nitrogens with zero attached hydrogens (tertiary/aromatic N) is 2. The average Bonchev–Trinajstić information content (AvgIpc) is 3.29. The number of para-hydroxylation sites is 1. The van der Waals surface area contributed by atoms with E-state index >= 15 is 0 Å². The lowest BCUT2D eigenvalue weighted by Gasteiger charge is -2.12. The average molecular weight is 473 g/mol. The lowest BCUT2D eigenvalue weighted by atomic mass is 10.1. The standard InChI is InChI=1S/C27H21ClN2O2S/c1-18-10-12-19(13-11-18)15-30-26(31)25(33-27(30)32)14-21-17-29(24-9-5-3-7-22(21)24)16-20-6-2-4-8-23(20)28/h2-14,17H,15-16H2,1H3/b25-14+. The van der Waals surface area contributed by atoms with Gasteiger partial charge in [0, 0.05) is 34.2 Å². The zero-order valence-corrected chi connectivity index (χ0v) is 19.6. The van der Waals surface area contributed by atoms with Gasteiger partial charge in [-0.25, -0.2) is 0 Å². The van der Waals surface area contributed by atoms with E-state index < -0.39 is 0 Å². The summed E-state index contributed by atoms with van der Waals surface area (Å²) < 4.78 is 2.12. The molecule has 1 fully saturated rings. The molecule has 0 aliphatic carbocycles. The minimum absolute atomic E-state index is 0.244. The van der Waals surface area contributed by atoms with Crippen molar-refractivity contribution in [1.29, 1.82) is 0 Å². The summed E-state index contributed by atoms with van der Waals surface area (Å²) in [5, 5.41) is 1.50. The third-order valence-corrected chi connectivity index (χ3v) is 7.02. The second kappa shape index (κ2) is 8.93. The van der Waals surface area contributed by atoms with Gasteiger partial charge >= 0.3 is 0 Å². The molecule has 0 saturated carbocycles. The highest BCUT2D eigenvalue weighted by atomic mass is 35.5. The molecule has 5 rings (SSSR count). The van der Waals surface area contributed by atoms with E-state index in [4.69, 9.17) is 11.6 Å². The number of carbonyl (C=O) groups is 2. The summed E-state index contributed by atoms with van der Waals surface area (Å²) in [5.41, 5.74) is 5.03. The predicted octanol–water partition coefficient (Wildman–Crippen LogP) is 6.89. The Morgan fingerprint density at radius 1 is 0.909 bits per heavy atom. The molecule has 0 bridgehead atoms. The van der Waals surface area contributed by atoms with Gasteiger partial charge in [-0.05, 0) is 48.0 Å². The van der Waals surface area contributed by atoms with E-state index in [1.165, 1.54) is 4.90 Å². The van der Waals surface area contributed by atoms with Crippen LogP contribution in [0.5, 0.6) is 0 Å². The van der Waals surface area contributed by atoms with Crippen molar-refractivity contribution in [2.45, 2.75) is 20.0 Å². The Hall–Kier alpha value is -3.28. The number of hydrogen-bond acceptors (Lipinski definition) is 3. The molecule has 1 aromatic heterocycles. The quantitative estimate of drug-likeness (QED) is 0.297. The molecule has 0 unspecified atom stereocenters. The van der Waals surface area contributed by atoms with Crippen LogP contribution in [0.15, 0.2) is 83.9 Å². The van der Waals surface area contributed by atoms with Gasteiger partial charge < -0.3 is 4.57 Å². The molecule has 1 saturated heterocycles. The van der Waals surface area contributed by atoms with E-state index in [1.807, 2.05) is 92.0 Å². The Bertz CT molecular complexity index is 1410. The molecule has 0 radical (unpaired) electrons. The monoisotopic (exact) mass is 472 g/mol. The number of benzene rings is 3. The first-order chi connectivity index (χ1) is 16.0. The van der Waals surface area contributed by atoms with Gasteiger partial charge in [0.2, 0.25) is 0 Å². The number of halogens is 1. The number of amides is 2. The number of fused-ring (bicyclic) bond motifs is 1. The SMILES string of the molecule is Cc1ccc(CN2C(=O)S/C(=C/c3cn(Cc4ccccc4Cl)c4ccccc34)C2=O)cc1. The Morgan fingerprint density at radius 2 is 1.64 bits per heavy atom. The molecule has 6 heteroatoms. The van der Waals surface area contributed by atoms with Crippen molar-refractivity contribution in [2.24, 2.45) is 0 Å². The number of thioether (sulfide) groups is 1. The zero-order chi connectivity index (χ0) is 22.9. The molecule has 2 amide bonds. The van der Waals surface area contributed by atoms with Crippen molar-refractivity contribution in [3.63, 3.8) is 0 Å². The topological polar surface area (TPSA) is 42.3 Å². The van der Waals surface area contributed by atoms with Crippen molar-refractivity contribution >= 4 is 51.5 Å². The number of aryl methyl sites for hydroxylation is 1. The van der Waals surface area contributed by atoms with Crippen LogP contribution < -0.4 is 0 Å². The first kappa shape index (κ1) is 21.6. The van der Waals surface area contributed by atoms with E-state index in [0.29, 0.717) is 16.5 Å². The van der Waals surface area contributed by atoms with Crippen molar-refractivity contribution in [3.05, 3.63) is 111 Å². The van der Waals surface area contributed by atoms with Crippen LogP contribution in [0.2, 0.25) is 5.02 Å². The smallest absolute Gasteiger partial charge is 0.293 e. The Labute approximate surface area is 201 Å². The van der Waals surface area contributed by atoms with E-state index in [0.717, 1.165) is 44.9 Å². The highest BCUT2D eigenvalue weighted by molar-refractivity contribution is 8.18. The van der Waals surface area contributed by atoms with Crippen molar-refractivity contribution in [3.8, 4) is 0 Å². The van der Waals surface area contributed by atoms with Crippen LogP contribution >= 0.6 is 23.4 Å². The fourth-order valence-electron chi connectivity index (χ4n) is 3.98. The van der Waals surface area contributed by atoms with Crippen LogP contribution in [-0.2, 0) is 17.9 Å². The maximum Gasteiger partial charge on any atom is 0.293 e. The van der Waals surface area contributed by atoms with Gasteiger partial charge in [-0.2, -0.15) is 0 Å². The number of hydrogen-bond donors (Lipinski definition) is 0. The lowest BCUT2D eigenvalue weighted by Crippen LogP contribution is -2.27. The maximum atomic E-state index is 13.1. The van der Waals surface area contributed by atoms with Crippen LogP contribution in [-0.4, -0.2) is 20.6 Å². The van der Waals surface area contributed by atoms with E-state index in [9.17, 15) is 9.59 Å². The largest absolute Gasteiger partial charge is 0.342 e. The number of aromatic nitrogens is 1. The van der Waals surface area contributed by atoms with Crippen LogP contribution in [0, 0.1) is 6.92 Å². The molecule has 1 aliphatic rings. The van der Waals surface area contributed by atoms with Crippen LogP contribution in [0.25, 0.3) is 17.0 Å². The fraction of sp³-hybridized carbons (Fsp3) is 0.111. The summed E-state index contributed by atoms with van der Waals surface area (Å²) in [6.07, 6.45) is 3.84. The molecule has 0 spiro atoms. The molecule has 0 atom stereocenters. The van der Waals surface area contributed by atoms with Crippen molar-refractivity contribution in [2.75, 3.05) is 0 Å². The van der Waals surface area contributed by atoms with Gasteiger partial charge in [0.1, 0.15) is 0 Å². The predicted molar refractivity (Wildman–Crippen MR) is 135 cm³/mol. The van der Waals surface area contributed by atoms with Crippen LogP contribution in [0.1, 0.15) is 22.3 Å². The molecule has 0 N–H and O–H groups in total. The minimum Gasteiger partial charge on any atom is -0.342 e. The van der Waals surface area contributed by atoms with Gasteiger partial charge in [0.25, 0.3) is 11.1 Å². The molecule has 164 valence electrons. The second-order valence-electron chi connectivity index (χ2n) is 8.07. The summed E-state index contributed by atoms with van der Waals surface area (Å²) in [6, 6.07) is 23.7. The van der Waals surface area contributed by atoms with E-state index in [-0.39, 0.29) is 17.7 Å². The van der Waals surface area contributed by atoms with Crippen molar-refractivity contribution in [1.82, 2.24) is 9.47 Å². The first-order valence-electron chi connectivity index (χ1n) is 10.6. The van der Waals surface area contributed by atoms with Gasteiger partial charge in [-0.3, -0.25) is 14.5 Å². The molecule has 2 heterocycles. The molecular formula is C27H21ClN2O2S. The number of imide groups is 1. The minimum atomic E-state index is -0.256. The third kappa shape index (κ3) is 4.34. The normalized spacial score (nSPS) is 15.2. The van der Waals surface area contributed by atoms with Gasteiger partial charge in [-0.1, -0.05) is 77.8 Å². The molecule has 4 nitrogen and oxygen atoms in total. The summed E-state index contributed by atoms with van der Waals surface area (Å²) in [4.78, 5) is 27.4. The van der Waals surface area contributed by atoms with Gasteiger partial charge in [0.15, 0.2) is 0 Å². The fourth-order valence-corrected chi connectivity index (χ4v) is 5.01. The molecule has 4 aromatic rings. The van der Waals surface area contributed by atoms with Gasteiger partial charge in [-0.15, -0.1) is 0 Å². The Kier molecular flexibility index (Phi) is 5.83. The summed E-state index contributed by atoms with van der Waals surface area (Å²) in [7, 11) is 0. The van der Waals surface area contributed by atoms with E-state index in [2.05, 4.69) is 4.57 Å². The van der Waals surface area contributed by atoms with Crippen LogP contribution in [0.4, 0.5) is 4.79 Å². The Morgan fingerprint density at radius 3 is 2.42 bits per heavy atom. The summed E-state index contributed by atoms with van der Waals surface area (Å²) in [6.45, 7) is 2.90. The van der Waals surface area contributed by atoms with Gasteiger partial charge in [0.05, 0.1) is 11.4 Å². The molecule has 1 aliphatic heterocycles. The summed E-state index contributed by atoms with van der Waals surface area (Å²) >= 11 is 7.37.